The summed E-state index contributed by atoms with van der Waals surface area (Å²) in [6, 6.07) is 11.1. The molecule has 0 saturated heterocycles. The molecule has 0 fully saturated rings. The number of rotatable bonds is 16. The van der Waals surface area contributed by atoms with Gasteiger partial charge in [0.1, 0.15) is 5.56 Å². The maximum atomic E-state index is 13.4. The number of unbranched alkanes of at least 4 members (excludes halogenated alkanes) is 3. The van der Waals surface area contributed by atoms with Crippen LogP contribution in [0.2, 0.25) is 0 Å². The van der Waals surface area contributed by atoms with Gasteiger partial charge in [-0.1, -0.05) is 37.1 Å². The quantitative estimate of drug-likeness (QED) is 0.148. The second-order valence-corrected chi connectivity index (χ2v) is 11.8. The van der Waals surface area contributed by atoms with E-state index in [1.165, 1.54) is 4.68 Å². The molecule has 4 aromatic rings. The predicted octanol–water partition coefficient (Wildman–Crippen LogP) is 2.41. The van der Waals surface area contributed by atoms with Gasteiger partial charge in [0.15, 0.2) is 0 Å². The first kappa shape index (κ1) is 34.6. The molecule has 5 rings (SSSR count). The number of carboxylic acid groups (broad SMARTS) is 1. The number of nitrogens with one attached hydrogen (secondary N) is 2. The van der Waals surface area contributed by atoms with E-state index in [-0.39, 0.29) is 54.6 Å². The van der Waals surface area contributed by atoms with Crippen LogP contribution >= 0.6 is 0 Å². The number of benzene rings is 1. The highest BCUT2D eigenvalue weighted by molar-refractivity contribution is 5.86. The van der Waals surface area contributed by atoms with Crippen LogP contribution < -0.4 is 16.2 Å². The molecule has 4 heterocycles. The van der Waals surface area contributed by atoms with Crippen LogP contribution in [0.1, 0.15) is 61.1 Å². The molecule has 1 aromatic carbocycles. The van der Waals surface area contributed by atoms with Crippen molar-refractivity contribution >= 4 is 23.7 Å². The molecule has 0 radical (unpaired) electrons. The molecule has 0 unspecified atom stereocenters. The fourth-order valence-corrected chi connectivity index (χ4v) is 5.39. The van der Waals surface area contributed by atoms with Gasteiger partial charge in [-0.05, 0) is 41.7 Å². The normalized spacial score (nSPS) is 12.1. The van der Waals surface area contributed by atoms with Gasteiger partial charge in [0.05, 0.1) is 25.1 Å². The van der Waals surface area contributed by atoms with Crippen molar-refractivity contribution in [1.29, 1.82) is 0 Å². The van der Waals surface area contributed by atoms with Gasteiger partial charge in [0.25, 0.3) is 11.4 Å². The van der Waals surface area contributed by atoms with E-state index in [0.29, 0.717) is 50.6 Å². The molecule has 1 aliphatic rings. The van der Waals surface area contributed by atoms with E-state index in [4.69, 9.17) is 9.52 Å². The Bertz CT molecular complexity index is 1840. The lowest BCUT2D eigenvalue weighted by molar-refractivity contribution is -0.138. The molecule has 3 amide bonds. The Kier molecular flexibility index (Phi) is 11.6. The molecule has 0 aliphatic carbocycles. The molecule has 3 aromatic heterocycles. The average Bonchev–Trinajstić information content (AvgIpc) is 3.73. The number of nitrogens with zero attached hydrogens (tertiary/aromatic N) is 6. The topological polar surface area (TPSA) is 203 Å². The molecule has 15 nitrogen and oxygen atoms in total. The summed E-state index contributed by atoms with van der Waals surface area (Å²) in [4.78, 5) is 66.4. The summed E-state index contributed by atoms with van der Waals surface area (Å²) in [5.41, 5.74) is 4.24. The molecule has 1 aliphatic heterocycles. The molecule has 0 atom stereocenters. The SMILES string of the molecule is Cc1nnc(-c2cc(-c3ccc(CC(=O)N4Cc5ccncc5C4)cc3)nn(CCCCCCNC(=O)CNC(=O)CCC(=O)O)c2=O)o1. The Labute approximate surface area is 281 Å². The molecule has 0 spiro atoms. The number of hydrogen-bond donors (Lipinski definition) is 3. The second kappa shape index (κ2) is 16.4. The first-order chi connectivity index (χ1) is 23.7. The van der Waals surface area contributed by atoms with Crippen LogP contribution in [0.15, 0.2) is 58.0 Å². The van der Waals surface area contributed by atoms with Crippen molar-refractivity contribution in [2.45, 2.75) is 71.5 Å². The minimum Gasteiger partial charge on any atom is -0.481 e. The summed E-state index contributed by atoms with van der Waals surface area (Å²) in [6.07, 6.45) is 6.25. The zero-order valence-corrected chi connectivity index (χ0v) is 27.2. The van der Waals surface area contributed by atoms with E-state index in [9.17, 15) is 24.0 Å². The minimum absolute atomic E-state index is 0.0329. The standard InChI is InChI=1S/C34H38N8O7/c1-22-38-39-33(49-22)27-17-28(24-8-6-23(7-9-24)16-31(45)41-20-25-12-14-35-18-26(25)21-41)40-42(34(27)48)15-5-3-2-4-13-36-30(44)19-37-29(43)10-11-32(46)47/h6-9,12,14,17-18H,2-5,10-11,13,15-16,19-21H2,1H3,(H,36,44)(H,37,43)(H,46,47). The number of aliphatic carboxylic acids is 1. The average molecular weight is 671 g/mol. The summed E-state index contributed by atoms with van der Waals surface area (Å²) in [7, 11) is 0. The zero-order valence-electron chi connectivity index (χ0n) is 27.2. The molecule has 0 saturated carbocycles. The Morgan fingerprint density at radius 3 is 2.43 bits per heavy atom. The van der Waals surface area contributed by atoms with Crippen LogP contribution in [0.4, 0.5) is 0 Å². The molecule has 15 heteroatoms. The number of carboxylic acids is 1. The summed E-state index contributed by atoms with van der Waals surface area (Å²) < 4.78 is 6.98. The van der Waals surface area contributed by atoms with Gasteiger partial charge in [0.2, 0.25) is 23.6 Å². The van der Waals surface area contributed by atoms with Crippen LogP contribution in [0.25, 0.3) is 22.7 Å². The maximum absolute atomic E-state index is 13.4. The van der Waals surface area contributed by atoms with Crippen LogP contribution in [0.5, 0.6) is 0 Å². The van der Waals surface area contributed by atoms with Crippen molar-refractivity contribution < 1.29 is 28.7 Å². The lowest BCUT2D eigenvalue weighted by atomic mass is 10.1. The third kappa shape index (κ3) is 9.65. The van der Waals surface area contributed by atoms with Crippen molar-refractivity contribution in [3.05, 3.63) is 81.7 Å². The highest BCUT2D eigenvalue weighted by Gasteiger charge is 2.23. The molecule has 49 heavy (non-hydrogen) atoms. The zero-order chi connectivity index (χ0) is 34.8. The van der Waals surface area contributed by atoms with Crippen molar-refractivity contribution in [1.82, 2.24) is 40.5 Å². The van der Waals surface area contributed by atoms with Gasteiger partial charge in [-0.3, -0.25) is 29.0 Å². The summed E-state index contributed by atoms with van der Waals surface area (Å²) in [5, 5.41) is 26.3. The van der Waals surface area contributed by atoms with E-state index >= 15 is 0 Å². The smallest absolute Gasteiger partial charge is 0.303 e. The number of carbonyl (C=O) groups is 4. The van der Waals surface area contributed by atoms with Gasteiger partial charge in [-0.15, -0.1) is 10.2 Å². The highest BCUT2D eigenvalue weighted by atomic mass is 16.4. The summed E-state index contributed by atoms with van der Waals surface area (Å²) >= 11 is 0. The van der Waals surface area contributed by atoms with Crippen LogP contribution in [-0.2, 0) is 45.2 Å². The van der Waals surface area contributed by atoms with E-state index in [1.807, 2.05) is 35.2 Å². The lowest BCUT2D eigenvalue weighted by Crippen LogP contribution is -2.37. The Balaban J connectivity index is 1.15. The number of hydrogen-bond acceptors (Lipinski definition) is 10. The molecule has 3 N–H and O–H groups in total. The summed E-state index contributed by atoms with van der Waals surface area (Å²) in [6.45, 7) is 3.34. The number of fused-ring (bicyclic) bond motifs is 1. The summed E-state index contributed by atoms with van der Waals surface area (Å²) in [5.74, 6) is -1.44. The lowest BCUT2D eigenvalue weighted by Gasteiger charge is -2.15. The Hall–Kier alpha value is -5.73. The van der Waals surface area contributed by atoms with Crippen LogP contribution in [0.3, 0.4) is 0 Å². The Morgan fingerprint density at radius 2 is 1.69 bits per heavy atom. The van der Waals surface area contributed by atoms with E-state index in [0.717, 1.165) is 35.1 Å². The fourth-order valence-electron chi connectivity index (χ4n) is 5.39. The van der Waals surface area contributed by atoms with Gasteiger partial charge in [0, 0.05) is 57.5 Å². The fraction of sp³-hybridized carbons (Fsp3) is 0.382. The van der Waals surface area contributed by atoms with E-state index < -0.39 is 11.9 Å². The third-order valence-electron chi connectivity index (χ3n) is 8.05. The number of aryl methyl sites for hydroxylation is 2. The first-order valence-corrected chi connectivity index (χ1v) is 16.1. The number of amides is 3. The number of carbonyl (C=O) groups excluding carboxylic acids is 3. The molecular weight excluding hydrogens is 632 g/mol. The van der Waals surface area contributed by atoms with Gasteiger partial charge in [-0.2, -0.15) is 5.10 Å². The minimum atomic E-state index is -1.07. The first-order valence-electron chi connectivity index (χ1n) is 16.1. The Morgan fingerprint density at radius 1 is 0.918 bits per heavy atom. The van der Waals surface area contributed by atoms with Gasteiger partial charge < -0.3 is 25.1 Å². The van der Waals surface area contributed by atoms with Gasteiger partial charge in [-0.25, -0.2) is 4.68 Å². The van der Waals surface area contributed by atoms with Crippen molar-refractivity contribution in [3.63, 3.8) is 0 Å². The molecular formula is C34H38N8O7. The van der Waals surface area contributed by atoms with Crippen molar-refractivity contribution in [3.8, 4) is 22.7 Å². The molecule has 0 bridgehead atoms. The third-order valence-corrected chi connectivity index (χ3v) is 8.05. The van der Waals surface area contributed by atoms with Gasteiger partial charge >= 0.3 is 5.97 Å². The largest absolute Gasteiger partial charge is 0.481 e. The van der Waals surface area contributed by atoms with Crippen LogP contribution in [0, 0.1) is 6.92 Å². The second-order valence-electron chi connectivity index (χ2n) is 11.8. The van der Waals surface area contributed by atoms with E-state index in [2.05, 4.69) is 30.9 Å². The number of aromatic nitrogens is 5. The maximum Gasteiger partial charge on any atom is 0.303 e. The molecule has 256 valence electrons. The highest BCUT2D eigenvalue weighted by Crippen LogP contribution is 2.24. The van der Waals surface area contributed by atoms with Crippen molar-refractivity contribution in [2.24, 2.45) is 0 Å². The van der Waals surface area contributed by atoms with Crippen LogP contribution in [-0.4, -0.2) is 71.7 Å². The monoisotopic (exact) mass is 670 g/mol. The van der Waals surface area contributed by atoms with E-state index in [1.54, 1.807) is 25.4 Å². The number of pyridine rings is 1. The van der Waals surface area contributed by atoms with Crippen molar-refractivity contribution in [2.75, 3.05) is 13.1 Å². The predicted molar refractivity (Wildman–Crippen MR) is 176 cm³/mol.